The molecule has 0 aliphatic heterocycles. The van der Waals surface area contributed by atoms with Gasteiger partial charge in [0.05, 0.1) is 0 Å². The van der Waals surface area contributed by atoms with Crippen molar-refractivity contribution in [2.24, 2.45) is 16.7 Å². The molecule has 0 bridgehead atoms. The minimum absolute atomic E-state index is 0.582. The maximum Gasteiger partial charge on any atom is -0.0271 e. The van der Waals surface area contributed by atoms with Gasteiger partial charge in [-0.2, -0.15) is 0 Å². The van der Waals surface area contributed by atoms with Gasteiger partial charge in [-0.25, -0.2) is 0 Å². The molecule has 0 amide bonds. The second kappa shape index (κ2) is 12.2. The first kappa shape index (κ1) is 24.0. The van der Waals surface area contributed by atoms with Crippen molar-refractivity contribution >= 4 is 0 Å². The number of hydrogen-bond donors (Lipinski definition) is 0. The molecule has 1 unspecified atom stereocenters. The maximum absolute atomic E-state index is 2.39. The van der Waals surface area contributed by atoms with Crippen LogP contribution in [0.4, 0.5) is 0 Å². The monoisotopic (exact) mass is 310 g/mol. The van der Waals surface area contributed by atoms with E-state index >= 15 is 0 Å². The minimum Gasteiger partial charge on any atom is -0.0856 e. The molecule has 0 aromatic carbocycles. The van der Waals surface area contributed by atoms with Crippen molar-refractivity contribution in [3.63, 3.8) is 0 Å². The molecule has 0 radical (unpaired) electrons. The summed E-state index contributed by atoms with van der Waals surface area (Å²) in [5.74, 6) is 0.980. The summed E-state index contributed by atoms with van der Waals surface area (Å²) in [5.41, 5.74) is 2.81. The molecule has 0 aromatic rings. The largest absolute Gasteiger partial charge is 0.0856 e. The van der Waals surface area contributed by atoms with Crippen LogP contribution in [0.2, 0.25) is 0 Å². The van der Waals surface area contributed by atoms with Gasteiger partial charge in [0.15, 0.2) is 0 Å². The zero-order valence-electron chi connectivity index (χ0n) is 17.6. The molecule has 0 spiro atoms. The van der Waals surface area contributed by atoms with Crippen LogP contribution < -0.4 is 0 Å². The Morgan fingerprint density at radius 3 is 1.73 bits per heavy atom. The molecule has 2 aliphatic carbocycles. The van der Waals surface area contributed by atoms with Crippen LogP contribution in [0.25, 0.3) is 0 Å². The van der Waals surface area contributed by atoms with Gasteiger partial charge in [0.1, 0.15) is 0 Å². The van der Waals surface area contributed by atoms with Crippen LogP contribution in [0, 0.1) is 16.7 Å². The fourth-order valence-corrected chi connectivity index (χ4v) is 3.70. The summed E-state index contributed by atoms with van der Waals surface area (Å²) in [7, 11) is 0. The zero-order chi connectivity index (χ0) is 17.8. The van der Waals surface area contributed by atoms with Gasteiger partial charge >= 0.3 is 0 Å². The highest BCUT2D eigenvalue weighted by Gasteiger charge is 2.24. The summed E-state index contributed by atoms with van der Waals surface area (Å²) >= 11 is 0. The Balaban J connectivity index is 0. The summed E-state index contributed by atoms with van der Waals surface area (Å²) in [6.45, 7) is 22.1. The highest BCUT2D eigenvalue weighted by molar-refractivity contribution is 5.05. The smallest absolute Gasteiger partial charge is 0.0271 e. The maximum atomic E-state index is 2.39. The van der Waals surface area contributed by atoms with Gasteiger partial charge in [-0.3, -0.25) is 0 Å². The topological polar surface area (TPSA) is 0 Å². The third-order valence-corrected chi connectivity index (χ3v) is 4.52. The van der Waals surface area contributed by atoms with Crippen molar-refractivity contribution in [3.05, 3.63) is 11.6 Å². The fourth-order valence-electron chi connectivity index (χ4n) is 3.70. The first-order valence-electron chi connectivity index (χ1n) is 9.86. The molecule has 2 aliphatic rings. The Morgan fingerprint density at radius 2 is 1.45 bits per heavy atom. The van der Waals surface area contributed by atoms with Crippen LogP contribution in [0.5, 0.6) is 0 Å². The Bertz CT molecular complexity index is 280. The van der Waals surface area contributed by atoms with Crippen LogP contribution in [0.3, 0.4) is 0 Å². The van der Waals surface area contributed by atoms with Gasteiger partial charge in [0, 0.05) is 0 Å². The van der Waals surface area contributed by atoms with Crippen LogP contribution >= 0.6 is 0 Å². The molecule has 1 atom stereocenters. The van der Waals surface area contributed by atoms with E-state index in [0.29, 0.717) is 10.8 Å². The van der Waals surface area contributed by atoms with Gasteiger partial charge < -0.3 is 0 Å². The second-order valence-electron chi connectivity index (χ2n) is 8.30. The van der Waals surface area contributed by atoms with Gasteiger partial charge in [0.25, 0.3) is 0 Å². The lowest BCUT2D eigenvalue weighted by atomic mass is 9.73. The lowest BCUT2D eigenvalue weighted by molar-refractivity contribution is 0.191. The number of hydrogen-bond acceptors (Lipinski definition) is 0. The molecule has 2 rings (SSSR count). The average Bonchev–Trinajstić information content (AvgIpc) is 2.41. The first-order valence-corrected chi connectivity index (χ1v) is 9.86. The van der Waals surface area contributed by atoms with Crippen LogP contribution in [0.1, 0.15) is 114 Å². The van der Waals surface area contributed by atoms with E-state index in [4.69, 9.17) is 0 Å². The van der Waals surface area contributed by atoms with Crippen molar-refractivity contribution in [1.82, 2.24) is 0 Å². The van der Waals surface area contributed by atoms with Crippen molar-refractivity contribution in [2.75, 3.05) is 0 Å². The van der Waals surface area contributed by atoms with Crippen molar-refractivity contribution < 1.29 is 0 Å². The molecule has 0 heterocycles. The van der Waals surface area contributed by atoms with Gasteiger partial charge in [0.2, 0.25) is 0 Å². The summed E-state index contributed by atoms with van der Waals surface area (Å²) in [4.78, 5) is 0. The van der Waals surface area contributed by atoms with E-state index in [9.17, 15) is 0 Å². The van der Waals surface area contributed by atoms with Gasteiger partial charge in [-0.15, -0.1) is 0 Å². The molecule has 0 nitrogen and oxygen atoms in total. The number of allylic oxidation sites excluding steroid dienone is 2. The van der Waals surface area contributed by atoms with E-state index in [-0.39, 0.29) is 0 Å². The highest BCUT2D eigenvalue weighted by Crippen LogP contribution is 2.38. The molecular weight excluding hydrogens is 264 g/mol. The molecule has 0 heteroatoms. The molecule has 0 saturated heterocycles. The Hall–Kier alpha value is -0.260. The van der Waals surface area contributed by atoms with E-state index in [1.807, 2.05) is 27.7 Å². The zero-order valence-corrected chi connectivity index (χ0v) is 17.6. The van der Waals surface area contributed by atoms with Crippen molar-refractivity contribution in [2.45, 2.75) is 114 Å². The lowest BCUT2D eigenvalue weighted by Gasteiger charge is -2.33. The Kier molecular flexibility index (Phi) is 13.3. The third-order valence-electron chi connectivity index (χ3n) is 4.52. The summed E-state index contributed by atoms with van der Waals surface area (Å²) in [6.07, 6.45) is 12.1. The second-order valence-corrected chi connectivity index (χ2v) is 8.30. The molecule has 0 aromatic heterocycles. The van der Waals surface area contributed by atoms with E-state index in [0.717, 1.165) is 5.92 Å². The highest BCUT2D eigenvalue weighted by atomic mass is 14.3. The Morgan fingerprint density at radius 1 is 0.909 bits per heavy atom. The molecule has 0 N–H and O–H groups in total. The van der Waals surface area contributed by atoms with Crippen LogP contribution in [-0.4, -0.2) is 0 Å². The molecule has 22 heavy (non-hydrogen) atoms. The fraction of sp³-hybridized carbons (Fsp3) is 0.909. The van der Waals surface area contributed by atoms with Gasteiger partial charge in [-0.1, -0.05) is 86.8 Å². The van der Waals surface area contributed by atoms with E-state index in [1.54, 1.807) is 5.57 Å². The molecule has 134 valence electrons. The van der Waals surface area contributed by atoms with Gasteiger partial charge in [-0.05, 0) is 55.8 Å². The Labute approximate surface area is 143 Å². The normalized spacial score (nSPS) is 25.0. The molecule has 1 saturated carbocycles. The van der Waals surface area contributed by atoms with Crippen molar-refractivity contribution in [3.8, 4) is 0 Å². The minimum atomic E-state index is 0.582. The van der Waals surface area contributed by atoms with Crippen molar-refractivity contribution in [1.29, 1.82) is 0 Å². The predicted molar refractivity (Wildman–Crippen MR) is 105 cm³/mol. The molecular formula is C22H46. The molecule has 1 fully saturated rings. The standard InChI is InChI=1S/C9H18.C9H16.2C2H6/c2*1-8-5-4-6-9(2,3)7-8;2*1-2/h8H,4-7H2,1-3H3;5H,4,6-7H2,1-3H3;2*1-2H3. The lowest BCUT2D eigenvalue weighted by Crippen LogP contribution is -2.20. The third kappa shape index (κ3) is 12.3. The van der Waals surface area contributed by atoms with E-state index < -0.39 is 0 Å². The SMILES string of the molecule is CC.CC.CC1=CCCC(C)(C)C1.CC1CCCC(C)(C)C1. The van der Waals surface area contributed by atoms with E-state index in [2.05, 4.69) is 47.6 Å². The predicted octanol–water partition coefficient (Wildman–Crippen LogP) is 8.42. The summed E-state index contributed by atoms with van der Waals surface area (Å²) in [5, 5.41) is 0. The summed E-state index contributed by atoms with van der Waals surface area (Å²) in [6, 6.07) is 0. The van der Waals surface area contributed by atoms with E-state index in [1.165, 1.54) is 44.9 Å². The first-order chi connectivity index (χ1) is 10.2. The van der Waals surface area contributed by atoms with Crippen LogP contribution in [-0.2, 0) is 0 Å². The number of rotatable bonds is 0. The summed E-state index contributed by atoms with van der Waals surface area (Å²) < 4.78 is 0. The average molecular weight is 311 g/mol. The van der Waals surface area contributed by atoms with Crippen LogP contribution in [0.15, 0.2) is 11.6 Å². The quantitative estimate of drug-likeness (QED) is 0.394.